The molecule has 8 nitrogen and oxygen atoms in total. The van der Waals surface area contributed by atoms with Crippen LogP contribution in [0.1, 0.15) is 0 Å². The fraction of sp³-hybridized carbons (Fsp3) is 1.00. The molecule has 0 fully saturated rings. The Balaban J connectivity index is 5.63. The molecular weight excluding hydrogens is 808 g/mol. The Bertz CT molecular complexity index is 844. The average molecular weight is 840 g/mol. The number of hydrogen-bond donors (Lipinski definition) is 0. The van der Waals surface area contributed by atoms with E-state index in [2.05, 4.69) is 18.9 Å². The fourth-order valence-electron chi connectivity index (χ4n) is 3.00. The summed E-state index contributed by atoms with van der Waals surface area (Å²) in [4.78, 5) is 0. The molecule has 0 saturated carbocycles. The van der Waals surface area contributed by atoms with Crippen molar-refractivity contribution in [3.8, 4) is 0 Å². The van der Waals surface area contributed by atoms with Crippen molar-refractivity contribution in [3.05, 3.63) is 0 Å². The van der Waals surface area contributed by atoms with Crippen LogP contribution in [0.5, 0.6) is 0 Å². The number of ether oxygens (including phenoxy) is 8. The number of hydrogen-bond acceptors (Lipinski definition) is 8. The molecule has 0 saturated heterocycles. The highest BCUT2D eigenvalue weighted by atomic mass is 19.4. The lowest BCUT2D eigenvalue weighted by Crippen LogP contribution is -2.44. The van der Waals surface area contributed by atoms with E-state index in [1.807, 2.05) is 0 Å². The van der Waals surface area contributed by atoms with E-state index in [4.69, 9.17) is 18.9 Å². The standard InChI is InChI=1S/C25H32F20O8/c26-18(27,22(34,35)36)13-50-5-1-46-9-17(10-47-2-6-51-14-19(28,29)23(37,38)39,11-48-3-7-52-15-20(30,31)24(40,41)42)12-49-4-8-53-16-21(32,33)25(43,44)45/h1-16H2. The third-order valence-electron chi connectivity index (χ3n) is 5.91. The van der Waals surface area contributed by atoms with Crippen molar-refractivity contribution in [1.82, 2.24) is 0 Å². The zero-order valence-corrected chi connectivity index (χ0v) is 26.6. The van der Waals surface area contributed by atoms with Gasteiger partial charge in [0.05, 0.1) is 84.7 Å². The van der Waals surface area contributed by atoms with Gasteiger partial charge in [-0.25, -0.2) is 0 Å². The normalized spacial score (nSPS) is 14.7. The van der Waals surface area contributed by atoms with Crippen LogP contribution >= 0.6 is 0 Å². The molecule has 0 unspecified atom stereocenters. The van der Waals surface area contributed by atoms with Crippen LogP contribution in [-0.4, -0.2) is 154 Å². The van der Waals surface area contributed by atoms with Gasteiger partial charge >= 0.3 is 48.4 Å². The van der Waals surface area contributed by atoms with Gasteiger partial charge in [-0.2, -0.15) is 87.8 Å². The SMILES string of the molecule is FC(F)(F)C(F)(F)COCCOCC(COCCOCC(F)(F)C(F)(F)F)(COCCOCC(F)(F)C(F)(F)F)COCCOCC(F)(F)C(F)(F)F. The van der Waals surface area contributed by atoms with Crippen molar-refractivity contribution in [1.29, 1.82) is 0 Å². The van der Waals surface area contributed by atoms with Gasteiger partial charge in [-0.3, -0.25) is 0 Å². The van der Waals surface area contributed by atoms with Crippen molar-refractivity contribution in [2.45, 2.75) is 48.4 Å². The van der Waals surface area contributed by atoms with Gasteiger partial charge in [0.25, 0.3) is 0 Å². The minimum atomic E-state index is -5.99. The maximum atomic E-state index is 13.0. The molecule has 0 aliphatic rings. The van der Waals surface area contributed by atoms with E-state index in [-0.39, 0.29) is 0 Å². The van der Waals surface area contributed by atoms with Gasteiger partial charge in [-0.1, -0.05) is 0 Å². The van der Waals surface area contributed by atoms with Gasteiger partial charge in [0.1, 0.15) is 26.4 Å². The first kappa shape index (κ1) is 51.3. The number of alkyl halides is 20. The van der Waals surface area contributed by atoms with Gasteiger partial charge in [-0.05, 0) is 0 Å². The Hall–Kier alpha value is -1.72. The van der Waals surface area contributed by atoms with E-state index in [1.165, 1.54) is 0 Å². The van der Waals surface area contributed by atoms with Crippen LogP contribution in [0.3, 0.4) is 0 Å². The molecule has 0 aromatic carbocycles. The fourth-order valence-corrected chi connectivity index (χ4v) is 3.00. The minimum absolute atomic E-state index is 0.795. The summed E-state index contributed by atoms with van der Waals surface area (Å²) in [6.45, 7) is -18.8. The Morgan fingerprint density at radius 3 is 0.472 bits per heavy atom. The van der Waals surface area contributed by atoms with Gasteiger partial charge in [0, 0.05) is 0 Å². The first-order valence-electron chi connectivity index (χ1n) is 14.2. The molecule has 0 atom stereocenters. The van der Waals surface area contributed by atoms with Crippen LogP contribution in [0, 0.1) is 5.41 Å². The van der Waals surface area contributed by atoms with Crippen molar-refractivity contribution < 1.29 is 126 Å². The van der Waals surface area contributed by atoms with E-state index in [1.54, 1.807) is 0 Å². The van der Waals surface area contributed by atoms with E-state index in [0.29, 0.717) is 0 Å². The van der Waals surface area contributed by atoms with Crippen LogP contribution in [0.2, 0.25) is 0 Å². The maximum Gasteiger partial charge on any atom is 0.455 e. The van der Waals surface area contributed by atoms with Crippen molar-refractivity contribution in [2.75, 3.05) is 106 Å². The molecule has 0 N–H and O–H groups in total. The van der Waals surface area contributed by atoms with Crippen LogP contribution in [0.15, 0.2) is 0 Å². The average Bonchev–Trinajstić information content (AvgIpc) is 2.97. The second-order valence-corrected chi connectivity index (χ2v) is 10.7. The highest BCUT2D eigenvalue weighted by Crippen LogP contribution is 2.38. The lowest BCUT2D eigenvalue weighted by molar-refractivity contribution is -0.297. The second kappa shape index (κ2) is 21.0. The highest BCUT2D eigenvalue weighted by molar-refractivity contribution is 4.81. The number of rotatable bonds is 28. The first-order chi connectivity index (χ1) is 23.8. The molecule has 0 spiro atoms. The van der Waals surface area contributed by atoms with Crippen molar-refractivity contribution in [3.63, 3.8) is 0 Å². The third-order valence-corrected chi connectivity index (χ3v) is 5.91. The third kappa shape index (κ3) is 19.1. The Kier molecular flexibility index (Phi) is 20.3. The first-order valence-corrected chi connectivity index (χ1v) is 14.2. The molecule has 320 valence electrons. The molecule has 53 heavy (non-hydrogen) atoms. The second-order valence-electron chi connectivity index (χ2n) is 10.7. The topological polar surface area (TPSA) is 73.8 Å². The zero-order chi connectivity index (χ0) is 41.5. The molecule has 0 aromatic heterocycles. The summed E-state index contributed by atoms with van der Waals surface area (Å²) in [7, 11) is 0. The predicted molar refractivity (Wildman–Crippen MR) is 133 cm³/mol. The van der Waals surface area contributed by atoms with Crippen LogP contribution in [-0.2, 0) is 37.9 Å². The summed E-state index contributed by atoms with van der Waals surface area (Å²) in [5.74, 6) is -21.1. The number of halogens is 20. The van der Waals surface area contributed by atoms with Gasteiger partial charge in [0.2, 0.25) is 0 Å². The van der Waals surface area contributed by atoms with Gasteiger partial charge in [0.15, 0.2) is 0 Å². The van der Waals surface area contributed by atoms with E-state index in [0.717, 1.165) is 0 Å². The monoisotopic (exact) mass is 840 g/mol. The lowest BCUT2D eigenvalue weighted by atomic mass is 9.92. The molecule has 0 heterocycles. The molecule has 0 rings (SSSR count). The Morgan fingerprint density at radius 2 is 0.340 bits per heavy atom. The summed E-state index contributed by atoms with van der Waals surface area (Å²) >= 11 is 0. The summed E-state index contributed by atoms with van der Waals surface area (Å²) in [6.07, 6.45) is -23.9. The zero-order valence-electron chi connectivity index (χ0n) is 26.6. The van der Waals surface area contributed by atoms with E-state index in [9.17, 15) is 87.8 Å². The summed E-state index contributed by atoms with van der Waals surface area (Å²) in [5.41, 5.74) is -1.85. The van der Waals surface area contributed by atoms with Crippen molar-refractivity contribution >= 4 is 0 Å². The largest absolute Gasteiger partial charge is 0.455 e. The molecule has 0 radical (unpaired) electrons. The molecular formula is C25H32F20O8. The summed E-state index contributed by atoms with van der Waals surface area (Å²) < 4.78 is 289. The van der Waals surface area contributed by atoms with E-state index < -0.39 is 160 Å². The Morgan fingerprint density at radius 1 is 0.208 bits per heavy atom. The predicted octanol–water partition coefficient (Wildman–Crippen LogP) is 6.90. The van der Waals surface area contributed by atoms with Crippen LogP contribution in [0.25, 0.3) is 0 Å². The molecule has 0 aliphatic carbocycles. The summed E-state index contributed by atoms with van der Waals surface area (Å²) in [6, 6.07) is 0. The highest BCUT2D eigenvalue weighted by Gasteiger charge is 2.59. The summed E-state index contributed by atoms with van der Waals surface area (Å²) in [5, 5.41) is 0. The molecule has 0 aliphatic heterocycles. The minimum Gasteiger partial charge on any atom is -0.378 e. The maximum absolute atomic E-state index is 13.0. The molecule has 0 amide bonds. The van der Waals surface area contributed by atoms with Crippen LogP contribution < -0.4 is 0 Å². The van der Waals surface area contributed by atoms with Gasteiger partial charge in [-0.15, -0.1) is 0 Å². The van der Waals surface area contributed by atoms with Gasteiger partial charge < -0.3 is 37.9 Å². The lowest BCUT2D eigenvalue weighted by Gasteiger charge is -2.33. The molecule has 28 heteroatoms. The molecule has 0 bridgehead atoms. The van der Waals surface area contributed by atoms with E-state index >= 15 is 0 Å². The Labute approximate surface area is 286 Å². The van der Waals surface area contributed by atoms with Crippen LogP contribution in [0.4, 0.5) is 87.8 Å². The quantitative estimate of drug-likeness (QED) is 0.0624. The molecule has 0 aromatic rings. The van der Waals surface area contributed by atoms with Crippen molar-refractivity contribution in [2.24, 2.45) is 5.41 Å². The smallest absolute Gasteiger partial charge is 0.378 e.